The lowest BCUT2D eigenvalue weighted by Crippen LogP contribution is -2.46. The van der Waals surface area contributed by atoms with Crippen LogP contribution in [-0.4, -0.2) is 29.4 Å². The van der Waals surface area contributed by atoms with Gasteiger partial charge in [0.1, 0.15) is 11.7 Å². The lowest BCUT2D eigenvalue weighted by molar-refractivity contribution is -0.132. The van der Waals surface area contributed by atoms with Crippen molar-refractivity contribution in [2.24, 2.45) is 5.92 Å². The van der Waals surface area contributed by atoms with Gasteiger partial charge < -0.3 is 10.0 Å². The zero-order chi connectivity index (χ0) is 19.6. The summed E-state index contributed by atoms with van der Waals surface area (Å²) in [7, 11) is 0. The maximum atomic E-state index is 12.6. The molecular weight excluding hydrogens is 438 g/mol. The number of halogens is 2. The Hall–Kier alpha value is -2.58. The molecule has 0 radical (unpaired) electrons. The summed E-state index contributed by atoms with van der Waals surface area (Å²) in [5, 5.41) is 9.97. The maximum Gasteiger partial charge on any atom is 0.273 e. The Morgan fingerprint density at radius 2 is 1.96 bits per heavy atom. The lowest BCUT2D eigenvalue weighted by Gasteiger charge is -2.17. The summed E-state index contributed by atoms with van der Waals surface area (Å²) in [4.78, 5) is 38.5. The number of phenolic OH excluding ortho intramolecular Hbond substituents is 1. The molecule has 0 saturated carbocycles. The predicted molar refractivity (Wildman–Crippen MR) is 103 cm³/mol. The van der Waals surface area contributed by atoms with E-state index in [9.17, 15) is 19.5 Å². The number of nitrogens with zero attached hydrogens (tertiary/aromatic N) is 1. The number of rotatable bonds is 3. The van der Waals surface area contributed by atoms with Crippen LogP contribution in [-0.2, 0) is 9.59 Å². The molecule has 1 aliphatic heterocycles. The fourth-order valence-electron chi connectivity index (χ4n) is 2.79. The van der Waals surface area contributed by atoms with Gasteiger partial charge in [0.2, 0.25) is 5.91 Å². The molecule has 1 atom stereocenters. The Kier molecular flexibility index (Phi) is 5.67. The fourth-order valence-corrected chi connectivity index (χ4v) is 3.35. The van der Waals surface area contributed by atoms with Crippen LogP contribution >= 0.6 is 27.5 Å². The first kappa shape index (κ1) is 19.2. The molecule has 2 aromatic rings. The quantitative estimate of drug-likeness (QED) is 0.492. The van der Waals surface area contributed by atoms with E-state index in [4.69, 9.17) is 11.6 Å². The minimum atomic E-state index is -0.905. The number of carbonyl (C=O) groups is 3. The van der Waals surface area contributed by atoms with Crippen molar-refractivity contribution in [2.75, 3.05) is 11.4 Å². The van der Waals surface area contributed by atoms with Gasteiger partial charge in [0.05, 0.1) is 5.56 Å². The number of hydrogen-bond acceptors (Lipinski definition) is 4. The van der Waals surface area contributed by atoms with E-state index < -0.39 is 17.7 Å². The molecule has 140 valence electrons. The molecule has 3 rings (SSSR count). The van der Waals surface area contributed by atoms with Gasteiger partial charge in [-0.25, -0.2) is 0 Å². The molecule has 27 heavy (non-hydrogen) atoms. The van der Waals surface area contributed by atoms with Crippen molar-refractivity contribution < 1.29 is 19.5 Å². The molecule has 7 nitrogen and oxygen atoms in total. The van der Waals surface area contributed by atoms with Gasteiger partial charge in [-0.15, -0.1) is 0 Å². The van der Waals surface area contributed by atoms with Crippen LogP contribution in [0.3, 0.4) is 0 Å². The highest BCUT2D eigenvalue weighted by molar-refractivity contribution is 9.10. The first-order valence-electron chi connectivity index (χ1n) is 8.02. The lowest BCUT2D eigenvalue weighted by atomic mass is 10.1. The van der Waals surface area contributed by atoms with E-state index in [0.29, 0.717) is 18.7 Å². The zero-order valence-corrected chi connectivity index (χ0v) is 16.3. The van der Waals surface area contributed by atoms with Crippen molar-refractivity contribution in [3.8, 4) is 5.75 Å². The van der Waals surface area contributed by atoms with E-state index in [-0.39, 0.29) is 22.2 Å². The average molecular weight is 453 g/mol. The molecule has 2 aromatic carbocycles. The smallest absolute Gasteiger partial charge is 0.273 e. The van der Waals surface area contributed by atoms with Gasteiger partial charge in [0, 0.05) is 21.7 Å². The number of carbonyl (C=O) groups excluding carboxylic acids is 3. The zero-order valence-electron chi connectivity index (χ0n) is 13.9. The maximum absolute atomic E-state index is 12.6. The standard InChI is InChI=1S/C18H15BrClN3O4/c19-10-2-1-3-12(8-10)23-7-6-13(18(23)27)16(25)21-22-17(26)14-9-11(20)4-5-15(14)24/h1-5,8-9,13,24H,6-7H2,(H,21,25)(H,22,26). The van der Waals surface area contributed by atoms with Crippen LogP contribution in [0.15, 0.2) is 46.9 Å². The molecular formula is C18H15BrClN3O4. The summed E-state index contributed by atoms with van der Waals surface area (Å²) >= 11 is 9.15. The highest BCUT2D eigenvalue weighted by Crippen LogP contribution is 2.27. The van der Waals surface area contributed by atoms with Crippen molar-refractivity contribution in [2.45, 2.75) is 6.42 Å². The molecule has 0 aromatic heterocycles. The summed E-state index contributed by atoms with van der Waals surface area (Å²) in [6.45, 7) is 0.399. The molecule has 1 heterocycles. The normalized spacial score (nSPS) is 16.3. The molecule has 3 N–H and O–H groups in total. The molecule has 3 amide bonds. The van der Waals surface area contributed by atoms with E-state index in [0.717, 1.165) is 4.47 Å². The molecule has 9 heteroatoms. The molecule has 1 fully saturated rings. The second kappa shape index (κ2) is 7.98. The number of anilines is 1. The highest BCUT2D eigenvalue weighted by atomic mass is 79.9. The van der Waals surface area contributed by atoms with Crippen LogP contribution in [0.2, 0.25) is 5.02 Å². The van der Waals surface area contributed by atoms with E-state index in [1.807, 2.05) is 6.07 Å². The van der Waals surface area contributed by atoms with E-state index in [2.05, 4.69) is 26.8 Å². The van der Waals surface area contributed by atoms with Gasteiger partial charge in [-0.05, 0) is 42.8 Å². The van der Waals surface area contributed by atoms with Crippen molar-refractivity contribution in [3.63, 3.8) is 0 Å². The number of phenols is 1. The highest BCUT2D eigenvalue weighted by Gasteiger charge is 2.37. The summed E-state index contributed by atoms with van der Waals surface area (Å²) in [6.07, 6.45) is 0.329. The van der Waals surface area contributed by atoms with Crippen LogP contribution < -0.4 is 15.8 Å². The van der Waals surface area contributed by atoms with Gasteiger partial charge in [-0.3, -0.25) is 25.2 Å². The van der Waals surface area contributed by atoms with E-state index in [1.165, 1.54) is 23.1 Å². The van der Waals surface area contributed by atoms with Crippen molar-refractivity contribution in [3.05, 3.63) is 57.5 Å². The van der Waals surface area contributed by atoms with Crippen molar-refractivity contribution in [1.82, 2.24) is 10.9 Å². The van der Waals surface area contributed by atoms with Gasteiger partial charge >= 0.3 is 0 Å². The van der Waals surface area contributed by atoms with Crippen LogP contribution in [0.5, 0.6) is 5.75 Å². The molecule has 0 aliphatic carbocycles. The largest absolute Gasteiger partial charge is 0.507 e. The predicted octanol–water partition coefficient (Wildman–Crippen LogP) is 2.62. The number of aromatic hydroxyl groups is 1. The molecule has 1 saturated heterocycles. The topological polar surface area (TPSA) is 98.7 Å². The molecule has 1 aliphatic rings. The number of nitrogens with one attached hydrogen (secondary N) is 2. The van der Waals surface area contributed by atoms with Crippen LogP contribution in [0, 0.1) is 5.92 Å². The monoisotopic (exact) mass is 451 g/mol. The molecule has 0 spiro atoms. The van der Waals surface area contributed by atoms with Gasteiger partial charge in [0.15, 0.2) is 0 Å². The van der Waals surface area contributed by atoms with Crippen LogP contribution in [0.1, 0.15) is 16.8 Å². The summed E-state index contributed by atoms with van der Waals surface area (Å²) < 4.78 is 0.828. The third-order valence-electron chi connectivity index (χ3n) is 4.14. The van der Waals surface area contributed by atoms with Crippen LogP contribution in [0.25, 0.3) is 0 Å². The second-order valence-electron chi connectivity index (χ2n) is 5.92. The number of hydrazine groups is 1. The minimum Gasteiger partial charge on any atom is -0.507 e. The Balaban J connectivity index is 1.62. The van der Waals surface area contributed by atoms with Crippen LogP contribution in [0.4, 0.5) is 5.69 Å². The van der Waals surface area contributed by atoms with Crippen molar-refractivity contribution >= 4 is 50.9 Å². The Morgan fingerprint density at radius 3 is 2.70 bits per heavy atom. The van der Waals surface area contributed by atoms with Gasteiger partial charge in [0.25, 0.3) is 11.8 Å². The first-order chi connectivity index (χ1) is 12.9. The van der Waals surface area contributed by atoms with E-state index >= 15 is 0 Å². The average Bonchev–Trinajstić information content (AvgIpc) is 3.03. The number of benzene rings is 2. The minimum absolute atomic E-state index is 0.0867. The van der Waals surface area contributed by atoms with Gasteiger partial charge in [-0.2, -0.15) is 0 Å². The van der Waals surface area contributed by atoms with E-state index in [1.54, 1.807) is 18.2 Å². The SMILES string of the molecule is O=C(NNC(=O)C1CCN(c2cccc(Br)c2)C1=O)c1cc(Cl)ccc1O. The van der Waals surface area contributed by atoms with Gasteiger partial charge in [-0.1, -0.05) is 33.6 Å². The Labute approximate surface area is 168 Å². The summed E-state index contributed by atoms with van der Waals surface area (Å²) in [5.41, 5.74) is 5.03. The summed E-state index contributed by atoms with van der Waals surface area (Å²) in [6, 6.07) is 11.2. The molecule has 0 bridgehead atoms. The fraction of sp³-hybridized carbons (Fsp3) is 0.167. The number of hydrogen-bond donors (Lipinski definition) is 3. The Bertz CT molecular complexity index is 921. The van der Waals surface area contributed by atoms with Crippen molar-refractivity contribution in [1.29, 1.82) is 0 Å². The third-order valence-corrected chi connectivity index (χ3v) is 4.87. The second-order valence-corrected chi connectivity index (χ2v) is 7.27. The summed E-state index contributed by atoms with van der Waals surface area (Å²) in [5.74, 6) is -2.88. The number of amides is 3. The molecule has 1 unspecified atom stereocenters. The third kappa shape index (κ3) is 4.23. The Morgan fingerprint density at radius 1 is 1.19 bits per heavy atom. The first-order valence-corrected chi connectivity index (χ1v) is 9.19.